The summed E-state index contributed by atoms with van der Waals surface area (Å²) in [5.41, 5.74) is 1.52. The van der Waals surface area contributed by atoms with Crippen molar-refractivity contribution in [1.82, 2.24) is 9.88 Å². The van der Waals surface area contributed by atoms with Crippen LogP contribution in [0.25, 0.3) is 10.9 Å². The number of para-hydroxylation sites is 1. The minimum absolute atomic E-state index is 0.0619. The second-order valence-corrected chi connectivity index (χ2v) is 6.60. The number of aromatic nitrogens is 1. The maximum Gasteiger partial charge on any atom is 0.252 e. The predicted octanol–water partition coefficient (Wildman–Crippen LogP) is 2.77. The van der Waals surface area contributed by atoms with Gasteiger partial charge < -0.3 is 9.88 Å². The molecule has 0 saturated heterocycles. The Morgan fingerprint density at radius 3 is 2.86 bits per heavy atom. The lowest BCUT2D eigenvalue weighted by Gasteiger charge is -2.19. The fourth-order valence-electron chi connectivity index (χ4n) is 2.66. The van der Waals surface area contributed by atoms with Crippen LogP contribution in [0.3, 0.4) is 0 Å². The summed E-state index contributed by atoms with van der Waals surface area (Å²) in [6.07, 6.45) is 2.27. The number of fused-ring (bicyclic) bond motifs is 1. The molecule has 0 unspecified atom stereocenters. The summed E-state index contributed by atoms with van der Waals surface area (Å²) in [6.45, 7) is 2.80. The first-order valence-corrected chi connectivity index (χ1v) is 8.82. The highest BCUT2D eigenvalue weighted by atomic mass is 32.2. The van der Waals surface area contributed by atoms with E-state index >= 15 is 0 Å². The van der Waals surface area contributed by atoms with Crippen LogP contribution in [-0.2, 0) is 10.5 Å². The summed E-state index contributed by atoms with van der Waals surface area (Å²) in [6, 6.07) is 10.1. The standard InChI is InChI=1S/C17H20N2O2S/c1-2-19(14-7-8-14)16(20)11-22-10-13-9-12-5-3-4-6-15(12)18-17(13)21/h3-6,9,14H,2,7-8,10-11H2,1H3,(H,18,21). The molecule has 0 aliphatic heterocycles. The fourth-order valence-corrected chi connectivity index (χ4v) is 3.53. The van der Waals surface area contributed by atoms with Crippen LogP contribution in [0.5, 0.6) is 0 Å². The van der Waals surface area contributed by atoms with Gasteiger partial charge in [-0.2, -0.15) is 0 Å². The Labute approximate surface area is 133 Å². The zero-order chi connectivity index (χ0) is 15.5. The number of thioether (sulfide) groups is 1. The number of hydrogen-bond acceptors (Lipinski definition) is 3. The van der Waals surface area contributed by atoms with E-state index in [1.165, 1.54) is 11.8 Å². The van der Waals surface area contributed by atoms with Crippen LogP contribution in [0.1, 0.15) is 25.3 Å². The predicted molar refractivity (Wildman–Crippen MR) is 91.1 cm³/mol. The van der Waals surface area contributed by atoms with E-state index in [1.54, 1.807) is 0 Å². The Morgan fingerprint density at radius 2 is 2.14 bits per heavy atom. The molecule has 2 aromatic rings. The summed E-state index contributed by atoms with van der Waals surface area (Å²) < 4.78 is 0. The minimum atomic E-state index is -0.0619. The van der Waals surface area contributed by atoms with E-state index in [9.17, 15) is 9.59 Å². The van der Waals surface area contributed by atoms with Crippen molar-refractivity contribution in [2.45, 2.75) is 31.6 Å². The zero-order valence-corrected chi connectivity index (χ0v) is 13.5. The molecule has 1 N–H and O–H groups in total. The molecule has 1 aromatic carbocycles. The van der Waals surface area contributed by atoms with Crippen LogP contribution in [0.4, 0.5) is 0 Å². The topological polar surface area (TPSA) is 53.2 Å². The molecule has 22 heavy (non-hydrogen) atoms. The summed E-state index contributed by atoms with van der Waals surface area (Å²) >= 11 is 1.51. The number of H-pyrrole nitrogens is 1. The van der Waals surface area contributed by atoms with Crippen molar-refractivity contribution in [3.63, 3.8) is 0 Å². The smallest absolute Gasteiger partial charge is 0.252 e. The molecule has 1 fully saturated rings. The van der Waals surface area contributed by atoms with E-state index < -0.39 is 0 Å². The number of hydrogen-bond donors (Lipinski definition) is 1. The number of nitrogens with one attached hydrogen (secondary N) is 1. The van der Waals surface area contributed by atoms with Gasteiger partial charge in [-0.1, -0.05) is 18.2 Å². The van der Waals surface area contributed by atoms with Gasteiger partial charge in [0.2, 0.25) is 5.91 Å². The van der Waals surface area contributed by atoms with Gasteiger partial charge in [-0.3, -0.25) is 9.59 Å². The number of aromatic amines is 1. The van der Waals surface area contributed by atoms with Gasteiger partial charge >= 0.3 is 0 Å². The Balaban J connectivity index is 1.62. The molecule has 1 aliphatic carbocycles. The van der Waals surface area contributed by atoms with Gasteiger partial charge in [-0.15, -0.1) is 11.8 Å². The number of carbonyl (C=O) groups excluding carboxylic acids is 1. The van der Waals surface area contributed by atoms with Gasteiger partial charge in [0.1, 0.15) is 0 Å². The molecule has 5 heteroatoms. The monoisotopic (exact) mass is 316 g/mol. The van der Waals surface area contributed by atoms with Crippen LogP contribution >= 0.6 is 11.8 Å². The molecule has 4 nitrogen and oxygen atoms in total. The molecular formula is C17H20N2O2S. The number of nitrogens with zero attached hydrogens (tertiary/aromatic N) is 1. The fraction of sp³-hybridized carbons (Fsp3) is 0.412. The van der Waals surface area contributed by atoms with Crippen LogP contribution in [0.2, 0.25) is 0 Å². The van der Waals surface area contributed by atoms with E-state index in [4.69, 9.17) is 0 Å². The third-order valence-electron chi connectivity index (χ3n) is 3.96. The van der Waals surface area contributed by atoms with Crippen molar-refractivity contribution in [3.8, 4) is 0 Å². The van der Waals surface area contributed by atoms with Gasteiger partial charge in [-0.25, -0.2) is 0 Å². The van der Waals surface area contributed by atoms with E-state index in [0.717, 1.165) is 35.9 Å². The lowest BCUT2D eigenvalue weighted by Crippen LogP contribution is -2.34. The lowest BCUT2D eigenvalue weighted by atomic mass is 10.2. The number of amides is 1. The highest BCUT2D eigenvalue weighted by Crippen LogP contribution is 2.27. The van der Waals surface area contributed by atoms with E-state index in [1.807, 2.05) is 42.2 Å². The molecule has 116 valence electrons. The molecule has 1 saturated carbocycles. The van der Waals surface area contributed by atoms with E-state index in [-0.39, 0.29) is 11.5 Å². The van der Waals surface area contributed by atoms with E-state index in [0.29, 0.717) is 17.5 Å². The highest BCUT2D eigenvalue weighted by molar-refractivity contribution is 7.99. The summed E-state index contributed by atoms with van der Waals surface area (Å²) in [4.78, 5) is 29.1. The second-order valence-electron chi connectivity index (χ2n) is 5.61. The molecule has 1 heterocycles. The Hall–Kier alpha value is -1.75. The first-order valence-electron chi connectivity index (χ1n) is 7.67. The average Bonchev–Trinajstić information content (AvgIpc) is 3.33. The van der Waals surface area contributed by atoms with Crippen molar-refractivity contribution >= 4 is 28.6 Å². The van der Waals surface area contributed by atoms with Crippen molar-refractivity contribution in [3.05, 3.63) is 46.2 Å². The summed E-state index contributed by atoms with van der Waals surface area (Å²) in [7, 11) is 0. The van der Waals surface area contributed by atoms with Gasteiger partial charge in [0.05, 0.1) is 5.75 Å². The Morgan fingerprint density at radius 1 is 1.36 bits per heavy atom. The molecule has 0 bridgehead atoms. The average molecular weight is 316 g/mol. The van der Waals surface area contributed by atoms with Gasteiger partial charge in [0.25, 0.3) is 5.56 Å². The normalized spacial score (nSPS) is 14.2. The van der Waals surface area contributed by atoms with Crippen molar-refractivity contribution in [2.24, 2.45) is 0 Å². The quantitative estimate of drug-likeness (QED) is 0.891. The number of pyridine rings is 1. The third kappa shape index (κ3) is 3.35. The third-order valence-corrected chi connectivity index (χ3v) is 4.93. The molecule has 1 aliphatic rings. The van der Waals surface area contributed by atoms with Crippen molar-refractivity contribution < 1.29 is 4.79 Å². The highest BCUT2D eigenvalue weighted by Gasteiger charge is 2.30. The maximum absolute atomic E-state index is 12.2. The van der Waals surface area contributed by atoms with Crippen molar-refractivity contribution in [1.29, 1.82) is 0 Å². The van der Waals surface area contributed by atoms with Crippen LogP contribution < -0.4 is 5.56 Å². The first-order chi connectivity index (χ1) is 10.7. The van der Waals surface area contributed by atoms with Crippen molar-refractivity contribution in [2.75, 3.05) is 12.3 Å². The molecular weight excluding hydrogens is 296 g/mol. The van der Waals surface area contributed by atoms with Crippen LogP contribution in [0.15, 0.2) is 35.1 Å². The summed E-state index contributed by atoms with van der Waals surface area (Å²) in [5.74, 6) is 1.19. The maximum atomic E-state index is 12.2. The zero-order valence-electron chi connectivity index (χ0n) is 12.7. The molecule has 0 spiro atoms. The largest absolute Gasteiger partial charge is 0.339 e. The van der Waals surface area contributed by atoms with Crippen LogP contribution in [0, 0.1) is 0 Å². The number of carbonyl (C=O) groups is 1. The van der Waals surface area contributed by atoms with Crippen LogP contribution in [-0.4, -0.2) is 34.1 Å². The first kappa shape index (κ1) is 15.2. The second kappa shape index (κ2) is 6.57. The molecule has 1 amide bonds. The number of benzene rings is 1. The lowest BCUT2D eigenvalue weighted by molar-refractivity contribution is -0.128. The summed E-state index contributed by atoms with van der Waals surface area (Å²) in [5, 5.41) is 1.03. The molecule has 0 radical (unpaired) electrons. The Bertz CT molecular complexity index is 737. The van der Waals surface area contributed by atoms with E-state index in [2.05, 4.69) is 4.98 Å². The minimum Gasteiger partial charge on any atom is -0.339 e. The van der Waals surface area contributed by atoms with Gasteiger partial charge in [0, 0.05) is 29.4 Å². The molecule has 1 aromatic heterocycles. The molecule has 3 rings (SSSR count). The molecule has 0 atom stereocenters. The van der Waals surface area contributed by atoms with Gasteiger partial charge in [0.15, 0.2) is 0 Å². The Kier molecular flexibility index (Phi) is 4.52. The number of rotatable bonds is 6. The van der Waals surface area contributed by atoms with Gasteiger partial charge in [-0.05, 0) is 37.3 Å². The SMILES string of the molecule is CCN(C(=O)CSCc1cc2ccccc2[nH]c1=O)C1CC1.